The number of sulfonamides is 1. The molecule has 1 aliphatic rings. The van der Waals surface area contributed by atoms with Gasteiger partial charge in [0.05, 0.1) is 12.9 Å². The van der Waals surface area contributed by atoms with Gasteiger partial charge < -0.3 is 10.1 Å². The van der Waals surface area contributed by atoms with Crippen LogP contribution in [-0.2, 0) is 27.1 Å². The number of hydrogen-bond acceptors (Lipinski definition) is 4. The molecule has 0 saturated carbocycles. The lowest BCUT2D eigenvalue weighted by atomic mass is 9.97. The van der Waals surface area contributed by atoms with Crippen molar-refractivity contribution in [3.05, 3.63) is 63.6 Å². The second kappa shape index (κ2) is 10.0. The Kier molecular flexibility index (Phi) is 7.63. The molecule has 1 amide bonds. The maximum atomic E-state index is 12.8. The van der Waals surface area contributed by atoms with Crippen LogP contribution in [0.4, 0.5) is 0 Å². The summed E-state index contributed by atoms with van der Waals surface area (Å²) in [6, 6.07) is 12.4. The molecule has 1 N–H and O–H groups in total. The highest BCUT2D eigenvalue weighted by atomic mass is 35.5. The average molecular weight is 471 g/mol. The maximum Gasteiger partial charge on any atom is 0.223 e. The molecule has 0 spiro atoms. The van der Waals surface area contributed by atoms with Gasteiger partial charge in [-0.15, -0.1) is 0 Å². The lowest BCUT2D eigenvalue weighted by Crippen LogP contribution is -2.43. The molecule has 0 unspecified atom stereocenters. The Hall–Kier alpha value is -1.80. The molecule has 1 saturated heterocycles. The Morgan fingerprint density at radius 1 is 1.10 bits per heavy atom. The number of nitrogens with zero attached hydrogens (tertiary/aromatic N) is 1. The third kappa shape index (κ3) is 5.66. The first-order valence-corrected chi connectivity index (χ1v) is 12.0. The van der Waals surface area contributed by atoms with Gasteiger partial charge in [-0.2, -0.15) is 0 Å². The summed E-state index contributed by atoms with van der Waals surface area (Å²) in [6.07, 6.45) is 0.952. The Morgan fingerprint density at radius 3 is 2.27 bits per heavy atom. The van der Waals surface area contributed by atoms with Crippen LogP contribution in [-0.4, -0.2) is 38.8 Å². The zero-order valence-corrected chi connectivity index (χ0v) is 18.9. The number of methoxy groups -OCH3 is 1. The van der Waals surface area contributed by atoms with E-state index in [1.807, 2.05) is 24.3 Å². The number of hydrogen-bond donors (Lipinski definition) is 1. The fourth-order valence-electron chi connectivity index (χ4n) is 3.42. The Labute approximate surface area is 187 Å². The van der Waals surface area contributed by atoms with Crippen molar-refractivity contribution in [2.75, 3.05) is 20.2 Å². The normalized spacial score (nSPS) is 15.7. The molecular weight excluding hydrogens is 447 g/mol. The van der Waals surface area contributed by atoms with Gasteiger partial charge in [-0.25, -0.2) is 12.7 Å². The largest absolute Gasteiger partial charge is 0.497 e. The van der Waals surface area contributed by atoms with Crippen molar-refractivity contribution in [3.63, 3.8) is 0 Å². The van der Waals surface area contributed by atoms with Gasteiger partial charge in [0.2, 0.25) is 15.9 Å². The molecule has 9 heteroatoms. The molecule has 3 rings (SSSR count). The second-order valence-corrected chi connectivity index (χ2v) is 9.98. The van der Waals surface area contributed by atoms with Crippen molar-refractivity contribution in [1.29, 1.82) is 0 Å². The van der Waals surface area contributed by atoms with Crippen LogP contribution in [0.1, 0.15) is 24.0 Å². The van der Waals surface area contributed by atoms with Crippen LogP contribution in [0.2, 0.25) is 10.0 Å². The van der Waals surface area contributed by atoms with Crippen LogP contribution >= 0.6 is 23.2 Å². The van der Waals surface area contributed by atoms with Crippen LogP contribution in [0.3, 0.4) is 0 Å². The predicted molar refractivity (Wildman–Crippen MR) is 118 cm³/mol. The van der Waals surface area contributed by atoms with Crippen molar-refractivity contribution < 1.29 is 17.9 Å². The predicted octanol–water partition coefficient (Wildman–Crippen LogP) is 3.86. The van der Waals surface area contributed by atoms with E-state index in [4.69, 9.17) is 27.9 Å². The topological polar surface area (TPSA) is 75.7 Å². The molecule has 6 nitrogen and oxygen atoms in total. The van der Waals surface area contributed by atoms with Crippen LogP contribution in [0.5, 0.6) is 5.75 Å². The number of benzene rings is 2. The first-order chi connectivity index (χ1) is 14.3. The van der Waals surface area contributed by atoms with E-state index in [0.717, 1.165) is 11.3 Å². The molecule has 0 bridgehead atoms. The number of carbonyl (C=O) groups is 1. The van der Waals surface area contributed by atoms with Crippen LogP contribution in [0, 0.1) is 5.92 Å². The van der Waals surface area contributed by atoms with Crippen molar-refractivity contribution >= 4 is 39.1 Å². The van der Waals surface area contributed by atoms with Gasteiger partial charge in [-0.05, 0) is 42.7 Å². The van der Waals surface area contributed by atoms with Crippen molar-refractivity contribution in [2.45, 2.75) is 25.1 Å². The first kappa shape index (κ1) is 22.9. The van der Waals surface area contributed by atoms with Gasteiger partial charge in [0.15, 0.2) is 0 Å². The third-order valence-corrected chi connectivity index (χ3v) is 7.75. The molecule has 0 radical (unpaired) electrons. The molecule has 162 valence electrons. The van der Waals surface area contributed by atoms with Gasteiger partial charge >= 0.3 is 0 Å². The number of carbonyl (C=O) groups excluding carboxylic acids is 1. The molecule has 1 aliphatic heterocycles. The number of halogens is 2. The van der Waals surface area contributed by atoms with Crippen molar-refractivity contribution in [1.82, 2.24) is 9.62 Å². The van der Waals surface area contributed by atoms with E-state index < -0.39 is 10.0 Å². The van der Waals surface area contributed by atoms with Gasteiger partial charge in [-0.1, -0.05) is 41.4 Å². The van der Waals surface area contributed by atoms with Crippen molar-refractivity contribution in [3.8, 4) is 5.75 Å². The molecule has 1 fully saturated rings. The zero-order valence-electron chi connectivity index (χ0n) is 16.6. The molecule has 30 heavy (non-hydrogen) atoms. The molecule has 0 aromatic heterocycles. The van der Waals surface area contributed by atoms with E-state index in [1.54, 1.807) is 25.3 Å². The lowest BCUT2D eigenvalue weighted by Gasteiger charge is -2.30. The monoisotopic (exact) mass is 470 g/mol. The summed E-state index contributed by atoms with van der Waals surface area (Å²) in [7, 11) is -1.97. The summed E-state index contributed by atoms with van der Waals surface area (Å²) in [4.78, 5) is 12.5. The number of nitrogens with one attached hydrogen (secondary N) is 1. The smallest absolute Gasteiger partial charge is 0.223 e. The van der Waals surface area contributed by atoms with E-state index in [9.17, 15) is 13.2 Å². The fourth-order valence-corrected chi connectivity index (χ4v) is 5.73. The van der Waals surface area contributed by atoms with Crippen molar-refractivity contribution in [2.24, 2.45) is 5.92 Å². The first-order valence-electron chi connectivity index (χ1n) is 9.61. The van der Waals surface area contributed by atoms with E-state index in [2.05, 4.69) is 5.32 Å². The average Bonchev–Trinajstić information content (AvgIpc) is 2.75. The molecular formula is C21H24Cl2N2O4S. The standard InChI is InChI=1S/C21H24Cl2N2O4S/c1-29-17-7-5-15(6-8-17)13-24-21(26)16-9-11-25(12-10-16)30(27,28)14-18-19(22)3-2-4-20(18)23/h2-8,16H,9-14H2,1H3,(H,24,26). The SMILES string of the molecule is COc1ccc(CNC(=O)C2CCN(S(=O)(=O)Cc3c(Cl)cccc3Cl)CC2)cc1. The van der Waals surface area contributed by atoms with Gasteiger partial charge in [0, 0.05) is 41.2 Å². The Bertz CT molecular complexity index is 968. The highest BCUT2D eigenvalue weighted by molar-refractivity contribution is 7.88. The second-order valence-electron chi connectivity index (χ2n) is 7.20. The zero-order chi connectivity index (χ0) is 21.7. The molecule has 0 aliphatic carbocycles. The third-order valence-electron chi connectivity index (χ3n) is 5.23. The summed E-state index contributed by atoms with van der Waals surface area (Å²) < 4.78 is 32.1. The maximum absolute atomic E-state index is 12.8. The van der Waals surface area contributed by atoms with E-state index >= 15 is 0 Å². The van der Waals surface area contributed by atoms with Crippen LogP contribution in [0.25, 0.3) is 0 Å². The highest BCUT2D eigenvalue weighted by Gasteiger charge is 2.31. The Balaban J connectivity index is 1.52. The number of piperidine rings is 1. The summed E-state index contributed by atoms with van der Waals surface area (Å²) in [5.41, 5.74) is 1.38. The summed E-state index contributed by atoms with van der Waals surface area (Å²) in [5, 5.41) is 3.60. The minimum atomic E-state index is -3.57. The fraction of sp³-hybridized carbons (Fsp3) is 0.381. The highest BCUT2D eigenvalue weighted by Crippen LogP contribution is 2.29. The number of amides is 1. The summed E-state index contributed by atoms with van der Waals surface area (Å²) in [6.45, 7) is 1.02. The van der Waals surface area contributed by atoms with Gasteiger partial charge in [-0.3, -0.25) is 4.79 Å². The van der Waals surface area contributed by atoms with E-state index in [-0.39, 0.29) is 17.6 Å². The van der Waals surface area contributed by atoms with Gasteiger partial charge in [0.1, 0.15) is 5.75 Å². The Morgan fingerprint density at radius 2 is 1.70 bits per heavy atom. The number of rotatable bonds is 7. The van der Waals surface area contributed by atoms with E-state index in [0.29, 0.717) is 48.1 Å². The summed E-state index contributed by atoms with van der Waals surface area (Å²) >= 11 is 12.2. The van der Waals surface area contributed by atoms with Crippen LogP contribution in [0.15, 0.2) is 42.5 Å². The van der Waals surface area contributed by atoms with Gasteiger partial charge in [0.25, 0.3) is 0 Å². The minimum Gasteiger partial charge on any atom is -0.497 e. The molecule has 0 atom stereocenters. The molecule has 2 aromatic carbocycles. The number of ether oxygens (including phenoxy) is 1. The molecule has 2 aromatic rings. The lowest BCUT2D eigenvalue weighted by molar-refractivity contribution is -0.126. The minimum absolute atomic E-state index is 0.0583. The quantitative estimate of drug-likeness (QED) is 0.666. The van der Waals surface area contributed by atoms with E-state index in [1.165, 1.54) is 4.31 Å². The van der Waals surface area contributed by atoms with Crippen LogP contribution < -0.4 is 10.1 Å². The molecule has 1 heterocycles. The summed E-state index contributed by atoms with van der Waals surface area (Å²) in [5.74, 6) is 0.243.